The van der Waals surface area contributed by atoms with E-state index in [1.54, 1.807) is 6.92 Å². The highest BCUT2D eigenvalue weighted by Gasteiger charge is 2.49. The minimum absolute atomic E-state index is 0.0397. The average Bonchev–Trinajstić information content (AvgIpc) is 3.03. The average molecular weight is 412 g/mol. The van der Waals surface area contributed by atoms with Gasteiger partial charge in [0.2, 0.25) is 0 Å². The number of anilines is 1. The van der Waals surface area contributed by atoms with Crippen LogP contribution < -0.4 is 10.5 Å². The van der Waals surface area contributed by atoms with Crippen LogP contribution >= 0.6 is 0 Å². The summed E-state index contributed by atoms with van der Waals surface area (Å²) >= 11 is 0. The number of hydrogen-bond acceptors (Lipinski definition) is 6. The molecule has 3 rings (SSSR count). The molecule has 29 heavy (non-hydrogen) atoms. The Kier molecular flexibility index (Phi) is 5.24. The molecule has 3 heterocycles. The fourth-order valence-corrected chi connectivity index (χ4v) is 2.95. The van der Waals surface area contributed by atoms with Crippen LogP contribution in [0.4, 0.5) is 14.6 Å². The van der Waals surface area contributed by atoms with Crippen LogP contribution in [0.25, 0.3) is 5.69 Å². The molecule has 156 valence electrons. The number of alkyl halides is 2. The van der Waals surface area contributed by atoms with Crippen LogP contribution in [-0.2, 0) is 14.3 Å². The second-order valence-corrected chi connectivity index (χ2v) is 6.66. The van der Waals surface area contributed by atoms with Crippen LogP contribution in [0, 0.1) is 6.92 Å². The molecule has 2 atom stereocenters. The molecule has 2 N–H and O–H groups in total. The first-order chi connectivity index (χ1) is 13.5. The van der Waals surface area contributed by atoms with Gasteiger partial charge in [0.15, 0.2) is 17.5 Å². The molecule has 0 aliphatic carbocycles. The lowest BCUT2D eigenvalue weighted by molar-refractivity contribution is -0.180. The SMILES string of the molecule is Cc1cc(N2CCO[C@H]([C@@](C)(O)C(=O)O)C2=O)nn1-c1ccc(=O)n(C(F)F)c1. The smallest absolute Gasteiger partial charge is 0.338 e. The summed E-state index contributed by atoms with van der Waals surface area (Å²) in [7, 11) is 0. The van der Waals surface area contributed by atoms with Crippen molar-refractivity contribution in [2.24, 2.45) is 0 Å². The predicted molar refractivity (Wildman–Crippen MR) is 94.2 cm³/mol. The van der Waals surface area contributed by atoms with E-state index in [0.717, 1.165) is 24.1 Å². The molecule has 0 saturated carbocycles. The van der Waals surface area contributed by atoms with Crippen molar-refractivity contribution < 1.29 is 33.3 Å². The van der Waals surface area contributed by atoms with Crippen LogP contribution in [-0.4, -0.2) is 61.3 Å². The molecule has 0 radical (unpaired) electrons. The van der Waals surface area contributed by atoms with E-state index in [-0.39, 0.29) is 29.2 Å². The van der Waals surface area contributed by atoms with E-state index in [4.69, 9.17) is 9.84 Å². The van der Waals surface area contributed by atoms with Crippen molar-refractivity contribution in [3.8, 4) is 5.69 Å². The number of nitrogens with zero attached hydrogens (tertiary/aromatic N) is 4. The zero-order chi connectivity index (χ0) is 21.5. The van der Waals surface area contributed by atoms with E-state index in [1.165, 1.54) is 16.8 Å². The van der Waals surface area contributed by atoms with Gasteiger partial charge in [-0.1, -0.05) is 0 Å². The first-order valence-corrected chi connectivity index (χ1v) is 8.50. The molecule has 2 aromatic rings. The predicted octanol–water partition coefficient (Wildman–Crippen LogP) is 0.305. The quantitative estimate of drug-likeness (QED) is 0.723. The molecule has 12 heteroatoms. The van der Waals surface area contributed by atoms with Crippen molar-refractivity contribution in [2.75, 3.05) is 18.1 Å². The fourth-order valence-electron chi connectivity index (χ4n) is 2.95. The maximum absolute atomic E-state index is 13.0. The van der Waals surface area contributed by atoms with E-state index in [2.05, 4.69) is 5.10 Å². The lowest BCUT2D eigenvalue weighted by Gasteiger charge is -2.36. The Bertz CT molecular complexity index is 1020. The van der Waals surface area contributed by atoms with Crippen LogP contribution in [0.2, 0.25) is 0 Å². The third kappa shape index (κ3) is 3.63. The summed E-state index contributed by atoms with van der Waals surface area (Å²) < 4.78 is 32.7. The van der Waals surface area contributed by atoms with Crippen LogP contribution in [0.1, 0.15) is 19.2 Å². The molecule has 0 aromatic carbocycles. The van der Waals surface area contributed by atoms with Crippen LogP contribution in [0.3, 0.4) is 0 Å². The Labute approximate surface area is 162 Å². The molecule has 1 fully saturated rings. The van der Waals surface area contributed by atoms with Crippen LogP contribution in [0.5, 0.6) is 0 Å². The van der Waals surface area contributed by atoms with Gasteiger partial charge < -0.3 is 14.9 Å². The van der Waals surface area contributed by atoms with Gasteiger partial charge in [0, 0.05) is 24.0 Å². The van der Waals surface area contributed by atoms with Gasteiger partial charge in [-0.25, -0.2) is 9.48 Å². The standard InChI is InChI=1S/C17H18F2N4O6/c1-9-7-11(20-23(9)10-3-4-12(24)22(8-10)16(18)19)21-5-6-29-13(14(21)25)17(2,28)15(26)27/h3-4,7-8,13,16,28H,5-6H2,1-2H3,(H,26,27)/t13-,17+/m0/s1. The third-order valence-corrected chi connectivity index (χ3v) is 4.56. The van der Waals surface area contributed by atoms with Gasteiger partial charge in [0.25, 0.3) is 11.5 Å². The topological polar surface area (TPSA) is 127 Å². The number of amides is 1. The summed E-state index contributed by atoms with van der Waals surface area (Å²) in [5, 5.41) is 23.5. The maximum atomic E-state index is 13.0. The lowest BCUT2D eigenvalue weighted by atomic mass is 9.97. The number of pyridine rings is 1. The van der Waals surface area contributed by atoms with E-state index >= 15 is 0 Å². The number of aliphatic carboxylic acids is 1. The number of carboxylic acid groups (broad SMARTS) is 1. The number of halogens is 2. The van der Waals surface area contributed by atoms with Gasteiger partial charge in [-0.2, -0.15) is 8.78 Å². The van der Waals surface area contributed by atoms with Crippen molar-refractivity contribution in [1.29, 1.82) is 0 Å². The summed E-state index contributed by atoms with van der Waals surface area (Å²) in [6, 6.07) is 3.78. The zero-order valence-corrected chi connectivity index (χ0v) is 15.5. The number of rotatable bonds is 5. The molecule has 10 nitrogen and oxygen atoms in total. The number of carboxylic acids is 1. The third-order valence-electron chi connectivity index (χ3n) is 4.56. The van der Waals surface area contributed by atoms with Crippen LogP contribution in [0.15, 0.2) is 29.2 Å². The highest BCUT2D eigenvalue weighted by atomic mass is 19.3. The van der Waals surface area contributed by atoms with Crippen molar-refractivity contribution >= 4 is 17.7 Å². The Morgan fingerprint density at radius 2 is 2.07 bits per heavy atom. The number of carbonyl (C=O) groups excluding carboxylic acids is 1. The van der Waals surface area contributed by atoms with Gasteiger partial charge in [0.1, 0.15) is 0 Å². The zero-order valence-electron chi connectivity index (χ0n) is 15.5. The summed E-state index contributed by atoms with van der Waals surface area (Å²) in [5.74, 6) is -2.30. The minimum Gasteiger partial charge on any atom is -0.479 e. The van der Waals surface area contributed by atoms with Gasteiger partial charge in [-0.3, -0.25) is 19.1 Å². The normalized spacial score (nSPS) is 19.4. The van der Waals surface area contributed by atoms with Gasteiger partial charge in [-0.05, 0) is 19.9 Å². The van der Waals surface area contributed by atoms with Gasteiger partial charge in [-0.15, -0.1) is 5.10 Å². The molecular formula is C17H18F2N4O6. The number of aromatic nitrogens is 3. The molecular weight excluding hydrogens is 394 g/mol. The number of aryl methyl sites for hydroxylation is 1. The molecule has 2 aromatic heterocycles. The van der Waals surface area contributed by atoms with Crippen molar-refractivity contribution in [3.63, 3.8) is 0 Å². The molecule has 0 spiro atoms. The Balaban J connectivity index is 1.96. The second-order valence-electron chi connectivity index (χ2n) is 6.66. The summed E-state index contributed by atoms with van der Waals surface area (Å²) in [6.45, 7) is -0.444. The molecule has 1 aliphatic heterocycles. The van der Waals surface area contributed by atoms with Crippen molar-refractivity contribution in [3.05, 3.63) is 40.4 Å². The van der Waals surface area contributed by atoms with Gasteiger partial charge >= 0.3 is 12.5 Å². The Hall–Kier alpha value is -3.12. The number of ether oxygens (including phenoxy) is 1. The van der Waals surface area contributed by atoms with Gasteiger partial charge in [0.05, 0.1) is 18.8 Å². The Morgan fingerprint density at radius 3 is 2.69 bits per heavy atom. The molecule has 1 aliphatic rings. The molecule has 1 saturated heterocycles. The van der Waals surface area contributed by atoms with E-state index in [0.29, 0.717) is 5.69 Å². The van der Waals surface area contributed by atoms with E-state index < -0.39 is 35.7 Å². The highest BCUT2D eigenvalue weighted by molar-refractivity contribution is 6.00. The first kappa shape index (κ1) is 20.6. The maximum Gasteiger partial charge on any atom is 0.338 e. The summed E-state index contributed by atoms with van der Waals surface area (Å²) in [4.78, 5) is 36.6. The number of aliphatic hydroxyl groups is 1. The minimum atomic E-state index is -3.03. The number of morpholine rings is 1. The molecule has 0 bridgehead atoms. The van der Waals surface area contributed by atoms with E-state index in [9.17, 15) is 28.3 Å². The van der Waals surface area contributed by atoms with Crippen molar-refractivity contribution in [1.82, 2.24) is 14.3 Å². The van der Waals surface area contributed by atoms with E-state index in [1.807, 2.05) is 0 Å². The molecule has 1 amide bonds. The largest absolute Gasteiger partial charge is 0.479 e. The summed E-state index contributed by atoms with van der Waals surface area (Å²) in [6.07, 6.45) is -0.699. The Morgan fingerprint density at radius 1 is 1.38 bits per heavy atom. The monoisotopic (exact) mass is 412 g/mol. The highest BCUT2D eigenvalue weighted by Crippen LogP contribution is 2.25. The number of carbonyl (C=O) groups is 2. The lowest BCUT2D eigenvalue weighted by Crippen LogP contribution is -2.60. The molecule has 0 unspecified atom stereocenters. The number of hydrogen-bond donors (Lipinski definition) is 2. The fraction of sp³-hybridized carbons (Fsp3) is 0.412. The summed E-state index contributed by atoms with van der Waals surface area (Å²) in [5.41, 5.74) is -2.68. The second kappa shape index (κ2) is 7.37. The van der Waals surface area contributed by atoms with Crippen molar-refractivity contribution in [2.45, 2.75) is 32.1 Å². The first-order valence-electron chi connectivity index (χ1n) is 8.50.